The molecule has 0 atom stereocenters. The lowest BCUT2D eigenvalue weighted by Gasteiger charge is -2.25. The number of hydrogen-bond acceptors (Lipinski definition) is 3. The maximum absolute atomic E-state index is 10.6. The first kappa shape index (κ1) is 10.3. The summed E-state index contributed by atoms with van der Waals surface area (Å²) < 4.78 is 11.1. The SMILES string of the molecule is Cc1ccc(C2(CC=O)OCCO2)cc1. The number of carbonyl (C=O) groups is 1. The summed E-state index contributed by atoms with van der Waals surface area (Å²) in [5, 5.41) is 0. The zero-order valence-electron chi connectivity index (χ0n) is 8.73. The number of benzene rings is 1. The molecule has 0 saturated carbocycles. The molecule has 80 valence electrons. The van der Waals surface area contributed by atoms with Crippen molar-refractivity contribution in [2.24, 2.45) is 0 Å². The highest BCUT2D eigenvalue weighted by Gasteiger charge is 2.37. The summed E-state index contributed by atoms with van der Waals surface area (Å²) in [5.41, 5.74) is 2.09. The van der Waals surface area contributed by atoms with Crippen LogP contribution in [-0.4, -0.2) is 19.5 Å². The summed E-state index contributed by atoms with van der Waals surface area (Å²) in [7, 11) is 0. The van der Waals surface area contributed by atoms with Crippen molar-refractivity contribution in [2.45, 2.75) is 19.1 Å². The van der Waals surface area contributed by atoms with Gasteiger partial charge in [-0.1, -0.05) is 29.8 Å². The van der Waals surface area contributed by atoms with Gasteiger partial charge in [-0.25, -0.2) is 0 Å². The lowest BCUT2D eigenvalue weighted by atomic mass is 10.0. The van der Waals surface area contributed by atoms with Gasteiger partial charge in [0.1, 0.15) is 6.29 Å². The quantitative estimate of drug-likeness (QED) is 0.707. The Balaban J connectivity index is 2.31. The maximum atomic E-state index is 10.6. The summed E-state index contributed by atoms with van der Waals surface area (Å²) in [5.74, 6) is -0.838. The Bertz CT molecular complexity index is 336. The molecule has 0 aromatic heterocycles. The minimum atomic E-state index is -0.838. The Morgan fingerprint density at radius 2 is 1.87 bits per heavy atom. The number of aldehydes is 1. The van der Waals surface area contributed by atoms with E-state index in [0.717, 1.165) is 11.8 Å². The second-order valence-electron chi connectivity index (χ2n) is 3.69. The fourth-order valence-corrected chi connectivity index (χ4v) is 1.77. The summed E-state index contributed by atoms with van der Waals surface area (Å²) in [6.45, 7) is 3.11. The van der Waals surface area contributed by atoms with E-state index in [2.05, 4.69) is 0 Å². The van der Waals surface area contributed by atoms with Crippen LogP contribution in [0.1, 0.15) is 17.5 Å². The van der Waals surface area contributed by atoms with Crippen molar-refractivity contribution < 1.29 is 14.3 Å². The van der Waals surface area contributed by atoms with E-state index in [9.17, 15) is 4.79 Å². The topological polar surface area (TPSA) is 35.5 Å². The summed E-state index contributed by atoms with van der Waals surface area (Å²) >= 11 is 0. The van der Waals surface area contributed by atoms with Gasteiger partial charge in [-0.15, -0.1) is 0 Å². The molecule has 15 heavy (non-hydrogen) atoms. The highest BCUT2D eigenvalue weighted by Crippen LogP contribution is 2.34. The summed E-state index contributed by atoms with van der Waals surface area (Å²) in [6, 6.07) is 7.88. The molecule has 0 N–H and O–H groups in total. The number of rotatable bonds is 3. The molecular formula is C12H14O3. The molecule has 3 heteroatoms. The van der Waals surface area contributed by atoms with Gasteiger partial charge in [0.25, 0.3) is 0 Å². The van der Waals surface area contributed by atoms with Crippen LogP contribution in [0.2, 0.25) is 0 Å². The molecule has 0 spiro atoms. The summed E-state index contributed by atoms with van der Waals surface area (Å²) in [6.07, 6.45) is 1.08. The van der Waals surface area contributed by atoms with Crippen LogP contribution < -0.4 is 0 Å². The van der Waals surface area contributed by atoms with E-state index in [1.165, 1.54) is 5.56 Å². The van der Waals surface area contributed by atoms with Gasteiger partial charge in [-0.05, 0) is 6.92 Å². The van der Waals surface area contributed by atoms with Crippen LogP contribution in [0.4, 0.5) is 0 Å². The predicted molar refractivity (Wildman–Crippen MR) is 55.4 cm³/mol. The van der Waals surface area contributed by atoms with Crippen LogP contribution in [0.25, 0.3) is 0 Å². The van der Waals surface area contributed by atoms with E-state index in [0.29, 0.717) is 13.2 Å². The number of aryl methyl sites for hydroxylation is 1. The van der Waals surface area contributed by atoms with E-state index in [1.54, 1.807) is 0 Å². The standard InChI is InChI=1S/C12H14O3/c1-10-2-4-11(5-3-10)12(6-7-13)14-8-9-15-12/h2-5,7H,6,8-9H2,1H3. The molecule has 0 aliphatic carbocycles. The van der Waals surface area contributed by atoms with Crippen molar-refractivity contribution in [3.63, 3.8) is 0 Å². The van der Waals surface area contributed by atoms with E-state index in [4.69, 9.17) is 9.47 Å². The third-order valence-electron chi connectivity index (χ3n) is 2.60. The van der Waals surface area contributed by atoms with Crippen LogP contribution in [0.15, 0.2) is 24.3 Å². The average molecular weight is 206 g/mol. The normalized spacial score (nSPS) is 19.0. The zero-order chi connectivity index (χ0) is 10.7. The Morgan fingerprint density at radius 3 is 2.40 bits per heavy atom. The molecule has 0 bridgehead atoms. The number of hydrogen-bond donors (Lipinski definition) is 0. The van der Waals surface area contributed by atoms with Gasteiger partial charge in [0, 0.05) is 5.56 Å². The van der Waals surface area contributed by atoms with Gasteiger partial charge in [-0.3, -0.25) is 0 Å². The van der Waals surface area contributed by atoms with E-state index in [1.807, 2.05) is 31.2 Å². The van der Waals surface area contributed by atoms with Gasteiger partial charge in [-0.2, -0.15) is 0 Å². The molecule has 1 fully saturated rings. The van der Waals surface area contributed by atoms with Crippen molar-refractivity contribution in [1.29, 1.82) is 0 Å². The Kier molecular flexibility index (Phi) is 2.84. The minimum absolute atomic E-state index is 0.246. The van der Waals surface area contributed by atoms with Crippen LogP contribution in [0.5, 0.6) is 0 Å². The Hall–Kier alpha value is -1.19. The smallest absolute Gasteiger partial charge is 0.201 e. The molecule has 1 saturated heterocycles. The molecule has 0 amide bonds. The first-order valence-corrected chi connectivity index (χ1v) is 5.05. The van der Waals surface area contributed by atoms with Gasteiger partial charge < -0.3 is 14.3 Å². The molecule has 0 unspecified atom stereocenters. The zero-order valence-corrected chi connectivity index (χ0v) is 8.73. The lowest BCUT2D eigenvalue weighted by Crippen LogP contribution is -2.27. The van der Waals surface area contributed by atoms with Crippen LogP contribution in [0.3, 0.4) is 0 Å². The van der Waals surface area contributed by atoms with Crippen molar-refractivity contribution >= 4 is 6.29 Å². The van der Waals surface area contributed by atoms with E-state index >= 15 is 0 Å². The van der Waals surface area contributed by atoms with Gasteiger partial charge >= 0.3 is 0 Å². The molecule has 3 nitrogen and oxygen atoms in total. The second kappa shape index (κ2) is 4.13. The number of ether oxygens (including phenoxy) is 2. The molecule has 0 radical (unpaired) electrons. The summed E-state index contributed by atoms with van der Waals surface area (Å²) in [4.78, 5) is 10.6. The van der Waals surface area contributed by atoms with Crippen LogP contribution in [0, 0.1) is 6.92 Å². The van der Waals surface area contributed by atoms with E-state index < -0.39 is 5.79 Å². The van der Waals surface area contributed by atoms with E-state index in [-0.39, 0.29) is 6.42 Å². The molecule has 1 aliphatic heterocycles. The Labute approximate surface area is 89.0 Å². The van der Waals surface area contributed by atoms with Crippen molar-refractivity contribution in [3.05, 3.63) is 35.4 Å². The maximum Gasteiger partial charge on any atom is 0.201 e. The van der Waals surface area contributed by atoms with Crippen molar-refractivity contribution in [1.82, 2.24) is 0 Å². The fourth-order valence-electron chi connectivity index (χ4n) is 1.77. The third-order valence-corrected chi connectivity index (χ3v) is 2.60. The first-order chi connectivity index (χ1) is 7.27. The van der Waals surface area contributed by atoms with Crippen LogP contribution >= 0.6 is 0 Å². The highest BCUT2D eigenvalue weighted by atomic mass is 16.7. The highest BCUT2D eigenvalue weighted by molar-refractivity contribution is 5.52. The molecule has 1 aliphatic rings. The average Bonchev–Trinajstić information content (AvgIpc) is 2.69. The van der Waals surface area contributed by atoms with Crippen molar-refractivity contribution in [2.75, 3.05) is 13.2 Å². The van der Waals surface area contributed by atoms with Crippen LogP contribution in [-0.2, 0) is 20.1 Å². The second-order valence-corrected chi connectivity index (χ2v) is 3.69. The largest absolute Gasteiger partial charge is 0.343 e. The van der Waals surface area contributed by atoms with Gasteiger partial charge in [0.05, 0.1) is 19.6 Å². The first-order valence-electron chi connectivity index (χ1n) is 5.05. The lowest BCUT2D eigenvalue weighted by molar-refractivity contribution is -0.171. The van der Waals surface area contributed by atoms with Gasteiger partial charge in [0.15, 0.2) is 0 Å². The predicted octanol–water partition coefficient (Wildman–Crippen LogP) is 1.78. The third kappa shape index (κ3) is 1.94. The number of carbonyl (C=O) groups excluding carboxylic acids is 1. The minimum Gasteiger partial charge on any atom is -0.343 e. The monoisotopic (exact) mass is 206 g/mol. The molecule has 1 aromatic rings. The molecule has 1 aromatic carbocycles. The fraction of sp³-hybridized carbons (Fsp3) is 0.417. The molecule has 1 heterocycles. The van der Waals surface area contributed by atoms with Crippen molar-refractivity contribution in [3.8, 4) is 0 Å². The Morgan fingerprint density at radius 1 is 1.27 bits per heavy atom. The molecular weight excluding hydrogens is 192 g/mol. The molecule has 2 rings (SSSR count). The van der Waals surface area contributed by atoms with Gasteiger partial charge in [0.2, 0.25) is 5.79 Å².